The van der Waals surface area contributed by atoms with Crippen molar-refractivity contribution in [2.24, 2.45) is 0 Å². The Balaban J connectivity index is 0.000000298. The average Bonchev–Trinajstić information content (AvgIpc) is 3.26. The summed E-state index contributed by atoms with van der Waals surface area (Å²) < 4.78 is 0. The van der Waals surface area contributed by atoms with Crippen molar-refractivity contribution < 1.29 is 9.59 Å². The summed E-state index contributed by atoms with van der Waals surface area (Å²) in [5, 5.41) is 0. The smallest absolute Gasteiger partial charge is 0.227 e. The van der Waals surface area contributed by atoms with Crippen LogP contribution in [0.4, 0.5) is 0 Å². The Bertz CT molecular complexity index is 540. The van der Waals surface area contributed by atoms with Gasteiger partial charge in [-0.2, -0.15) is 0 Å². The maximum Gasteiger partial charge on any atom is 0.227 e. The van der Waals surface area contributed by atoms with E-state index in [1.54, 1.807) is 14.1 Å². The summed E-state index contributed by atoms with van der Waals surface area (Å²) >= 11 is 0. The molecule has 4 rings (SSSR count). The standard InChI is InChI=1S/C12H13N3O2.C2H6BN/c16-9-7-8(13-1-2-13)12(17)11(15-5-6-15)10(9)14-3-4-14;1-4(2)3/h7H,1-6H2;1-2H3. The molecule has 110 valence electrons. The highest BCUT2D eigenvalue weighted by atomic mass is 16.1. The minimum absolute atomic E-state index is 0.00546. The second-order valence-electron chi connectivity index (χ2n) is 5.84. The minimum atomic E-state index is 0.00546. The highest BCUT2D eigenvalue weighted by Gasteiger charge is 2.43. The van der Waals surface area contributed by atoms with Crippen molar-refractivity contribution >= 4 is 19.5 Å². The Hall–Kier alpha value is -1.76. The first kappa shape index (κ1) is 14.2. The van der Waals surface area contributed by atoms with Gasteiger partial charge in [0.1, 0.15) is 11.4 Å². The molecule has 0 aromatic carbocycles. The number of allylic oxidation sites excluding steroid dienone is 1. The molecule has 3 heterocycles. The van der Waals surface area contributed by atoms with Crippen LogP contribution in [0.1, 0.15) is 0 Å². The van der Waals surface area contributed by atoms with Crippen LogP contribution < -0.4 is 0 Å². The van der Waals surface area contributed by atoms with Crippen molar-refractivity contribution in [1.82, 2.24) is 19.5 Å². The number of Topliss-reactive ketones (excluding diaryl/α,β-unsaturated/α-hetero) is 1. The maximum absolute atomic E-state index is 12.4. The number of hydrogen-bond donors (Lipinski definition) is 0. The molecule has 2 radical (unpaired) electrons. The summed E-state index contributed by atoms with van der Waals surface area (Å²) in [6.45, 7) is 5.41. The van der Waals surface area contributed by atoms with Gasteiger partial charge in [0, 0.05) is 45.3 Å². The molecule has 0 spiro atoms. The third-order valence-corrected chi connectivity index (χ3v) is 3.49. The Morgan fingerprint density at radius 3 is 1.76 bits per heavy atom. The highest BCUT2D eigenvalue weighted by Crippen LogP contribution is 2.33. The van der Waals surface area contributed by atoms with Crippen LogP contribution in [-0.4, -0.2) is 92.4 Å². The first-order valence-electron chi connectivity index (χ1n) is 7.21. The molecule has 3 aliphatic heterocycles. The van der Waals surface area contributed by atoms with Gasteiger partial charge in [0.15, 0.2) is 7.98 Å². The van der Waals surface area contributed by atoms with Gasteiger partial charge in [-0.05, 0) is 14.1 Å². The zero-order valence-corrected chi connectivity index (χ0v) is 12.5. The van der Waals surface area contributed by atoms with E-state index in [4.69, 9.17) is 7.98 Å². The quantitative estimate of drug-likeness (QED) is 0.369. The lowest BCUT2D eigenvalue weighted by molar-refractivity contribution is -0.117. The zero-order chi connectivity index (χ0) is 15.1. The minimum Gasteiger partial charge on any atom is -0.365 e. The van der Waals surface area contributed by atoms with E-state index >= 15 is 0 Å². The predicted molar refractivity (Wildman–Crippen MR) is 79.3 cm³/mol. The second kappa shape index (κ2) is 5.22. The first-order valence-corrected chi connectivity index (χ1v) is 7.21. The van der Waals surface area contributed by atoms with Gasteiger partial charge in [-0.3, -0.25) is 9.59 Å². The number of rotatable bonds is 3. The van der Waals surface area contributed by atoms with Crippen LogP contribution in [0, 0.1) is 0 Å². The SMILES string of the molecule is O=C1C=C(N2CC2)C(=O)C(N2CC2)=C1N1CC1.[B]N(C)C. The molecule has 0 bridgehead atoms. The summed E-state index contributed by atoms with van der Waals surface area (Å²) in [4.78, 5) is 32.0. The summed E-state index contributed by atoms with van der Waals surface area (Å²) in [5.74, 6) is 0.0485. The molecule has 0 unspecified atom stereocenters. The van der Waals surface area contributed by atoms with E-state index in [9.17, 15) is 9.59 Å². The molecule has 0 saturated carbocycles. The molecular formula is C14H19BN4O2. The van der Waals surface area contributed by atoms with Gasteiger partial charge in [-0.15, -0.1) is 0 Å². The molecule has 21 heavy (non-hydrogen) atoms. The number of carbonyl (C=O) groups excluding carboxylic acids is 2. The molecule has 3 fully saturated rings. The Kier molecular flexibility index (Phi) is 3.53. The first-order chi connectivity index (χ1) is 9.99. The van der Waals surface area contributed by atoms with E-state index in [-0.39, 0.29) is 11.6 Å². The number of nitrogens with zero attached hydrogens (tertiary/aromatic N) is 4. The number of ketones is 2. The van der Waals surface area contributed by atoms with E-state index in [0.29, 0.717) is 17.1 Å². The topological polar surface area (TPSA) is 46.4 Å². The van der Waals surface area contributed by atoms with Crippen molar-refractivity contribution in [3.63, 3.8) is 0 Å². The zero-order valence-electron chi connectivity index (χ0n) is 12.5. The van der Waals surface area contributed by atoms with Gasteiger partial charge in [0.2, 0.25) is 11.6 Å². The van der Waals surface area contributed by atoms with E-state index in [1.165, 1.54) is 10.9 Å². The number of hydrogen-bond acceptors (Lipinski definition) is 6. The van der Waals surface area contributed by atoms with Gasteiger partial charge < -0.3 is 19.5 Å². The van der Waals surface area contributed by atoms with Crippen LogP contribution in [0.3, 0.4) is 0 Å². The highest BCUT2D eigenvalue weighted by molar-refractivity contribution is 6.22. The van der Waals surface area contributed by atoms with Gasteiger partial charge in [-0.1, -0.05) is 0 Å². The molecular weight excluding hydrogens is 267 g/mol. The second-order valence-corrected chi connectivity index (χ2v) is 5.84. The Labute approximate surface area is 126 Å². The molecule has 0 aromatic heterocycles. The normalized spacial score (nSPS) is 23.2. The van der Waals surface area contributed by atoms with Gasteiger partial charge in [0.05, 0.1) is 5.70 Å². The summed E-state index contributed by atoms with van der Waals surface area (Å²) in [6, 6.07) is 0. The van der Waals surface area contributed by atoms with E-state index in [0.717, 1.165) is 39.3 Å². The lowest BCUT2D eigenvalue weighted by atomic mass is 10.0. The van der Waals surface area contributed by atoms with Crippen molar-refractivity contribution in [3.8, 4) is 0 Å². The van der Waals surface area contributed by atoms with Crippen LogP contribution in [0.2, 0.25) is 0 Å². The molecule has 0 amide bonds. The molecule has 0 atom stereocenters. The van der Waals surface area contributed by atoms with Crippen LogP contribution in [0.25, 0.3) is 0 Å². The third kappa shape index (κ3) is 3.13. The summed E-state index contributed by atoms with van der Waals surface area (Å²) in [6.07, 6.45) is 1.52. The maximum atomic E-state index is 12.4. The van der Waals surface area contributed by atoms with Crippen molar-refractivity contribution in [3.05, 3.63) is 23.2 Å². The van der Waals surface area contributed by atoms with Crippen molar-refractivity contribution in [2.75, 3.05) is 53.4 Å². The summed E-state index contributed by atoms with van der Waals surface area (Å²) in [7, 11) is 8.50. The van der Waals surface area contributed by atoms with Gasteiger partial charge >= 0.3 is 0 Å². The monoisotopic (exact) mass is 286 g/mol. The van der Waals surface area contributed by atoms with Gasteiger partial charge in [-0.25, -0.2) is 0 Å². The number of carbonyl (C=O) groups is 2. The van der Waals surface area contributed by atoms with E-state index in [1.807, 2.05) is 14.7 Å². The molecule has 0 aromatic rings. The molecule has 4 aliphatic rings. The lowest BCUT2D eigenvalue weighted by Gasteiger charge is -2.21. The van der Waals surface area contributed by atoms with Crippen LogP contribution in [0.5, 0.6) is 0 Å². The lowest BCUT2D eigenvalue weighted by Crippen LogP contribution is -2.29. The molecule has 1 aliphatic carbocycles. The fourth-order valence-corrected chi connectivity index (χ4v) is 2.28. The molecule has 6 nitrogen and oxygen atoms in total. The predicted octanol–water partition coefficient (Wildman–Crippen LogP) is -1.19. The van der Waals surface area contributed by atoms with Crippen molar-refractivity contribution in [2.45, 2.75) is 0 Å². The van der Waals surface area contributed by atoms with Crippen molar-refractivity contribution in [1.29, 1.82) is 0 Å². The summed E-state index contributed by atoms with van der Waals surface area (Å²) in [5.41, 5.74) is 1.89. The molecule has 7 heteroatoms. The largest absolute Gasteiger partial charge is 0.365 e. The van der Waals surface area contributed by atoms with Crippen LogP contribution in [-0.2, 0) is 9.59 Å². The average molecular weight is 286 g/mol. The van der Waals surface area contributed by atoms with Gasteiger partial charge in [0.25, 0.3) is 0 Å². The molecule has 0 N–H and O–H groups in total. The fraction of sp³-hybridized carbons (Fsp3) is 0.571. The Morgan fingerprint density at radius 1 is 0.905 bits per heavy atom. The third-order valence-electron chi connectivity index (χ3n) is 3.49. The van der Waals surface area contributed by atoms with Crippen LogP contribution in [0.15, 0.2) is 23.2 Å². The fourth-order valence-electron chi connectivity index (χ4n) is 2.28. The Morgan fingerprint density at radius 2 is 1.33 bits per heavy atom. The van der Waals surface area contributed by atoms with E-state index in [2.05, 4.69) is 0 Å². The molecule has 3 saturated heterocycles. The van der Waals surface area contributed by atoms with E-state index < -0.39 is 0 Å². The van der Waals surface area contributed by atoms with Crippen LogP contribution >= 0.6 is 0 Å².